The zero-order valence-corrected chi connectivity index (χ0v) is 13.2. The molecule has 1 amide bonds. The summed E-state index contributed by atoms with van der Waals surface area (Å²) in [6.45, 7) is 3.48. The van der Waals surface area contributed by atoms with Gasteiger partial charge >= 0.3 is 0 Å². The molecule has 2 rings (SSSR count). The van der Waals surface area contributed by atoms with E-state index in [1.807, 2.05) is 6.92 Å². The lowest BCUT2D eigenvalue weighted by Crippen LogP contribution is -2.46. The molecule has 114 valence electrons. The summed E-state index contributed by atoms with van der Waals surface area (Å²) in [6.07, 6.45) is 1.61. The number of nitrogens with one attached hydrogen (secondary N) is 1. The van der Waals surface area contributed by atoms with E-state index in [1.54, 1.807) is 31.3 Å². The van der Waals surface area contributed by atoms with Crippen LogP contribution in [-0.4, -0.2) is 42.8 Å². The van der Waals surface area contributed by atoms with Gasteiger partial charge < -0.3 is 5.32 Å². The molecule has 1 fully saturated rings. The number of rotatable bonds is 4. The maximum absolute atomic E-state index is 12.5. The normalized spacial score (nSPS) is 18.2. The van der Waals surface area contributed by atoms with Crippen LogP contribution in [0.25, 0.3) is 0 Å². The van der Waals surface area contributed by atoms with Crippen LogP contribution in [0.2, 0.25) is 5.02 Å². The van der Waals surface area contributed by atoms with E-state index in [-0.39, 0.29) is 23.7 Å². The Morgan fingerprint density at radius 2 is 1.81 bits per heavy atom. The maximum Gasteiger partial charge on any atom is 0.222 e. The van der Waals surface area contributed by atoms with Crippen LogP contribution in [0, 0.1) is 5.92 Å². The van der Waals surface area contributed by atoms with Crippen LogP contribution in [-0.2, 0) is 4.79 Å². The van der Waals surface area contributed by atoms with Gasteiger partial charge in [-0.15, -0.1) is 0 Å². The SMILES string of the molecule is CNC(=O)C1CCN(C(C)C(=O)c2ccc(Cl)cc2)CC1. The van der Waals surface area contributed by atoms with Crippen molar-refractivity contribution < 1.29 is 9.59 Å². The molecule has 1 aliphatic heterocycles. The summed E-state index contributed by atoms with van der Waals surface area (Å²) in [4.78, 5) is 26.2. The third-order valence-corrected chi connectivity index (χ3v) is 4.45. The number of nitrogens with zero attached hydrogens (tertiary/aromatic N) is 1. The van der Waals surface area contributed by atoms with E-state index in [4.69, 9.17) is 11.6 Å². The van der Waals surface area contributed by atoms with E-state index in [2.05, 4.69) is 10.2 Å². The van der Waals surface area contributed by atoms with Crippen molar-refractivity contribution in [1.29, 1.82) is 0 Å². The molecule has 0 aromatic heterocycles. The number of Topliss-reactive ketones (excluding diaryl/α,β-unsaturated/α-hetero) is 1. The highest BCUT2D eigenvalue weighted by molar-refractivity contribution is 6.30. The Kier molecular flexibility index (Phi) is 5.37. The van der Waals surface area contributed by atoms with Crippen molar-refractivity contribution in [3.05, 3.63) is 34.9 Å². The molecule has 0 aliphatic carbocycles. The number of amides is 1. The first kappa shape index (κ1) is 16.0. The van der Waals surface area contributed by atoms with E-state index in [1.165, 1.54) is 0 Å². The molecule has 1 saturated heterocycles. The van der Waals surface area contributed by atoms with Gasteiger partial charge in [-0.05, 0) is 57.1 Å². The molecular weight excluding hydrogens is 288 g/mol. The van der Waals surface area contributed by atoms with Crippen molar-refractivity contribution in [3.8, 4) is 0 Å². The van der Waals surface area contributed by atoms with E-state index in [0.29, 0.717) is 10.6 Å². The Morgan fingerprint density at radius 1 is 1.24 bits per heavy atom. The molecule has 0 spiro atoms. The number of hydrogen-bond acceptors (Lipinski definition) is 3. The molecule has 1 atom stereocenters. The molecule has 0 radical (unpaired) electrons. The molecule has 1 N–H and O–H groups in total. The summed E-state index contributed by atoms with van der Waals surface area (Å²) >= 11 is 5.84. The fourth-order valence-electron chi connectivity index (χ4n) is 2.77. The number of hydrogen-bond donors (Lipinski definition) is 1. The van der Waals surface area contributed by atoms with Gasteiger partial charge in [0, 0.05) is 23.6 Å². The van der Waals surface area contributed by atoms with E-state index in [9.17, 15) is 9.59 Å². The third kappa shape index (κ3) is 3.83. The number of likely N-dealkylation sites (tertiary alicyclic amines) is 1. The molecule has 5 heteroatoms. The van der Waals surface area contributed by atoms with Crippen LogP contribution < -0.4 is 5.32 Å². The van der Waals surface area contributed by atoms with E-state index >= 15 is 0 Å². The first-order valence-corrected chi connectivity index (χ1v) is 7.66. The number of ketones is 1. The second-order valence-electron chi connectivity index (χ2n) is 5.47. The molecule has 0 bridgehead atoms. The molecule has 1 heterocycles. The number of halogens is 1. The monoisotopic (exact) mass is 308 g/mol. The van der Waals surface area contributed by atoms with Crippen molar-refractivity contribution in [2.45, 2.75) is 25.8 Å². The number of carbonyl (C=O) groups is 2. The van der Waals surface area contributed by atoms with Crippen LogP contribution in [0.5, 0.6) is 0 Å². The number of piperidine rings is 1. The van der Waals surface area contributed by atoms with Gasteiger partial charge in [0.15, 0.2) is 5.78 Å². The number of benzene rings is 1. The van der Waals surface area contributed by atoms with Crippen LogP contribution >= 0.6 is 11.6 Å². The van der Waals surface area contributed by atoms with Gasteiger partial charge in [-0.3, -0.25) is 14.5 Å². The molecule has 21 heavy (non-hydrogen) atoms. The lowest BCUT2D eigenvalue weighted by Gasteiger charge is -2.34. The maximum atomic E-state index is 12.5. The molecular formula is C16H21ClN2O2. The minimum Gasteiger partial charge on any atom is -0.359 e. The molecule has 1 aromatic rings. The third-order valence-electron chi connectivity index (χ3n) is 4.20. The highest BCUT2D eigenvalue weighted by atomic mass is 35.5. The summed E-state index contributed by atoms with van der Waals surface area (Å²) in [6, 6.07) is 6.83. The molecule has 4 nitrogen and oxygen atoms in total. The lowest BCUT2D eigenvalue weighted by atomic mass is 9.93. The van der Waals surface area contributed by atoms with Gasteiger partial charge in [0.1, 0.15) is 0 Å². The Morgan fingerprint density at radius 3 is 2.33 bits per heavy atom. The largest absolute Gasteiger partial charge is 0.359 e. The number of carbonyl (C=O) groups excluding carboxylic acids is 2. The summed E-state index contributed by atoms with van der Waals surface area (Å²) in [5.41, 5.74) is 0.681. The fraction of sp³-hybridized carbons (Fsp3) is 0.500. The van der Waals surface area contributed by atoms with Gasteiger partial charge in [0.05, 0.1) is 6.04 Å². The summed E-state index contributed by atoms with van der Waals surface area (Å²) in [5.74, 6) is 0.278. The zero-order chi connectivity index (χ0) is 15.4. The Balaban J connectivity index is 1.95. The predicted octanol–water partition coefficient (Wildman–Crippen LogP) is 2.37. The van der Waals surface area contributed by atoms with Gasteiger partial charge in [-0.1, -0.05) is 11.6 Å². The second kappa shape index (κ2) is 7.05. The first-order chi connectivity index (χ1) is 10.0. The fourth-order valence-corrected chi connectivity index (χ4v) is 2.90. The summed E-state index contributed by atoms with van der Waals surface area (Å²) < 4.78 is 0. The minimum absolute atomic E-state index is 0.0732. The summed E-state index contributed by atoms with van der Waals surface area (Å²) in [5, 5.41) is 3.33. The molecule has 1 aliphatic rings. The highest BCUT2D eigenvalue weighted by Gasteiger charge is 2.29. The predicted molar refractivity (Wildman–Crippen MR) is 83.6 cm³/mol. The van der Waals surface area contributed by atoms with Gasteiger partial charge in [0.2, 0.25) is 5.91 Å². The highest BCUT2D eigenvalue weighted by Crippen LogP contribution is 2.21. The van der Waals surface area contributed by atoms with Gasteiger partial charge in [0.25, 0.3) is 0 Å². The van der Waals surface area contributed by atoms with Crippen LogP contribution in [0.15, 0.2) is 24.3 Å². The standard InChI is InChI=1S/C16H21ClN2O2/c1-11(15(20)12-3-5-14(17)6-4-12)19-9-7-13(8-10-19)16(21)18-2/h3-6,11,13H,7-10H2,1-2H3,(H,18,21). The Bertz CT molecular complexity index is 508. The van der Waals surface area contributed by atoms with E-state index < -0.39 is 0 Å². The smallest absolute Gasteiger partial charge is 0.222 e. The average molecular weight is 309 g/mol. The van der Waals surface area contributed by atoms with Crippen molar-refractivity contribution >= 4 is 23.3 Å². The minimum atomic E-state index is -0.170. The Labute approximate surface area is 130 Å². The zero-order valence-electron chi connectivity index (χ0n) is 12.4. The van der Waals surface area contributed by atoms with E-state index in [0.717, 1.165) is 25.9 Å². The van der Waals surface area contributed by atoms with Gasteiger partial charge in [-0.2, -0.15) is 0 Å². The van der Waals surface area contributed by atoms with Gasteiger partial charge in [-0.25, -0.2) is 0 Å². The quantitative estimate of drug-likeness (QED) is 0.869. The van der Waals surface area contributed by atoms with Crippen LogP contribution in [0.4, 0.5) is 0 Å². The van der Waals surface area contributed by atoms with Crippen molar-refractivity contribution in [1.82, 2.24) is 10.2 Å². The molecule has 0 saturated carbocycles. The summed E-state index contributed by atoms with van der Waals surface area (Å²) in [7, 11) is 1.67. The second-order valence-corrected chi connectivity index (χ2v) is 5.91. The van der Waals surface area contributed by atoms with Crippen LogP contribution in [0.3, 0.4) is 0 Å². The van der Waals surface area contributed by atoms with Crippen LogP contribution in [0.1, 0.15) is 30.1 Å². The molecule has 1 unspecified atom stereocenters. The lowest BCUT2D eigenvalue weighted by molar-refractivity contribution is -0.126. The topological polar surface area (TPSA) is 49.4 Å². The van der Waals surface area contributed by atoms with Crippen molar-refractivity contribution in [2.24, 2.45) is 5.92 Å². The molecule has 1 aromatic carbocycles. The van der Waals surface area contributed by atoms with Crippen molar-refractivity contribution in [2.75, 3.05) is 20.1 Å². The average Bonchev–Trinajstić information content (AvgIpc) is 2.53. The van der Waals surface area contributed by atoms with Crippen molar-refractivity contribution in [3.63, 3.8) is 0 Å². The first-order valence-electron chi connectivity index (χ1n) is 7.28. The Hall–Kier alpha value is -1.39.